The molecule has 0 amide bonds. The highest BCUT2D eigenvalue weighted by atomic mass is 35.5. The molecule has 1 N–H and O–H groups in total. The molecule has 0 aliphatic carbocycles. The number of halogens is 2. The third kappa shape index (κ3) is 3.56. The maximum Gasteiger partial charge on any atom is 0.0465 e. The minimum atomic E-state index is 0.113. The summed E-state index contributed by atoms with van der Waals surface area (Å²) < 4.78 is 0. The molecule has 0 spiro atoms. The molecule has 1 aromatic carbocycles. The van der Waals surface area contributed by atoms with Crippen molar-refractivity contribution >= 4 is 23.2 Å². The van der Waals surface area contributed by atoms with Gasteiger partial charge in [0.15, 0.2) is 0 Å². The number of piperazine rings is 1. The molecule has 2 rings (SSSR count). The second-order valence-corrected chi connectivity index (χ2v) is 7.54. The Morgan fingerprint density at radius 1 is 1.14 bits per heavy atom. The van der Waals surface area contributed by atoms with Crippen LogP contribution >= 0.6 is 23.2 Å². The molecule has 0 saturated carbocycles. The first-order chi connectivity index (χ1) is 9.83. The van der Waals surface area contributed by atoms with E-state index in [4.69, 9.17) is 23.2 Å². The Morgan fingerprint density at radius 2 is 1.71 bits per heavy atom. The van der Waals surface area contributed by atoms with Crippen LogP contribution in [-0.2, 0) is 6.54 Å². The Labute approximate surface area is 138 Å². The Balaban J connectivity index is 2.32. The minimum Gasteiger partial charge on any atom is -0.309 e. The zero-order valence-corrected chi connectivity index (χ0v) is 15.0. The van der Waals surface area contributed by atoms with Crippen LogP contribution in [-0.4, -0.2) is 29.1 Å². The lowest BCUT2D eigenvalue weighted by molar-refractivity contribution is 0.00237. The molecule has 0 unspecified atom stereocenters. The highest BCUT2D eigenvalue weighted by molar-refractivity contribution is 6.35. The summed E-state index contributed by atoms with van der Waals surface area (Å²) in [5, 5.41) is 5.22. The zero-order valence-electron chi connectivity index (χ0n) is 13.5. The van der Waals surface area contributed by atoms with Crippen molar-refractivity contribution in [1.82, 2.24) is 10.2 Å². The van der Waals surface area contributed by atoms with Crippen LogP contribution in [0.4, 0.5) is 0 Å². The summed E-state index contributed by atoms with van der Waals surface area (Å²) >= 11 is 12.7. The molecule has 4 heteroatoms. The highest BCUT2D eigenvalue weighted by Gasteiger charge is 2.41. The van der Waals surface area contributed by atoms with Crippen LogP contribution in [0.5, 0.6) is 0 Å². The van der Waals surface area contributed by atoms with Crippen LogP contribution in [0, 0.1) is 0 Å². The summed E-state index contributed by atoms with van der Waals surface area (Å²) in [6.07, 6.45) is 2.24. The Hall–Kier alpha value is -0.280. The van der Waals surface area contributed by atoms with E-state index < -0.39 is 0 Å². The molecule has 1 aliphatic heterocycles. The summed E-state index contributed by atoms with van der Waals surface area (Å²) in [5.74, 6) is 0. The van der Waals surface area contributed by atoms with Gasteiger partial charge in [-0.25, -0.2) is 0 Å². The van der Waals surface area contributed by atoms with E-state index >= 15 is 0 Å². The fraction of sp³-hybridized carbons (Fsp3) is 0.647. The first-order valence-corrected chi connectivity index (χ1v) is 8.52. The Kier molecular flexibility index (Phi) is 5.25. The Morgan fingerprint density at radius 3 is 2.24 bits per heavy atom. The normalized spacial score (nSPS) is 21.4. The van der Waals surface area contributed by atoms with Crippen molar-refractivity contribution in [1.29, 1.82) is 0 Å². The molecule has 0 radical (unpaired) electrons. The topological polar surface area (TPSA) is 15.3 Å². The van der Waals surface area contributed by atoms with Crippen molar-refractivity contribution in [2.24, 2.45) is 0 Å². The molecule has 1 saturated heterocycles. The molecule has 1 aliphatic rings. The van der Waals surface area contributed by atoms with Crippen LogP contribution in [0.15, 0.2) is 18.2 Å². The quantitative estimate of drug-likeness (QED) is 0.859. The van der Waals surface area contributed by atoms with Crippen molar-refractivity contribution in [2.75, 3.05) is 13.1 Å². The number of hydrogen-bond donors (Lipinski definition) is 1. The zero-order chi connectivity index (χ0) is 15.7. The van der Waals surface area contributed by atoms with E-state index in [2.05, 4.69) is 37.9 Å². The molecule has 2 nitrogen and oxygen atoms in total. The first-order valence-electron chi connectivity index (χ1n) is 7.76. The number of nitrogens with one attached hydrogen (secondary N) is 1. The van der Waals surface area contributed by atoms with Crippen LogP contribution in [0.3, 0.4) is 0 Å². The van der Waals surface area contributed by atoms with Gasteiger partial charge in [0.2, 0.25) is 0 Å². The molecule has 0 aromatic heterocycles. The number of rotatable bonds is 4. The van der Waals surface area contributed by atoms with Gasteiger partial charge in [-0.3, -0.25) is 4.90 Å². The molecule has 1 heterocycles. The third-order valence-electron chi connectivity index (χ3n) is 4.88. The van der Waals surface area contributed by atoms with Crippen LogP contribution in [0.1, 0.15) is 46.1 Å². The van der Waals surface area contributed by atoms with Gasteiger partial charge < -0.3 is 5.32 Å². The summed E-state index contributed by atoms with van der Waals surface area (Å²) in [4.78, 5) is 2.57. The number of nitrogens with zero attached hydrogens (tertiary/aromatic N) is 1. The van der Waals surface area contributed by atoms with E-state index in [9.17, 15) is 0 Å². The van der Waals surface area contributed by atoms with E-state index in [1.807, 2.05) is 18.2 Å². The summed E-state index contributed by atoms with van der Waals surface area (Å²) in [5.41, 5.74) is 1.34. The lowest BCUT2D eigenvalue weighted by atomic mass is 9.84. The van der Waals surface area contributed by atoms with Gasteiger partial charge in [0.1, 0.15) is 0 Å². The SMILES string of the molecule is CCC1(CC)CNC(C)(C)CN1Cc1c(Cl)cccc1Cl. The molecule has 1 fully saturated rings. The summed E-state index contributed by atoms with van der Waals surface area (Å²) in [6, 6.07) is 5.76. The van der Waals surface area contributed by atoms with Crippen LogP contribution in [0.25, 0.3) is 0 Å². The number of hydrogen-bond acceptors (Lipinski definition) is 2. The fourth-order valence-electron chi connectivity index (χ4n) is 3.26. The van der Waals surface area contributed by atoms with Crippen molar-refractivity contribution in [3.05, 3.63) is 33.8 Å². The van der Waals surface area contributed by atoms with Crippen molar-refractivity contribution in [3.63, 3.8) is 0 Å². The van der Waals surface area contributed by atoms with Crippen LogP contribution < -0.4 is 5.32 Å². The molecular formula is C17H26Cl2N2. The minimum absolute atomic E-state index is 0.113. The Bertz CT molecular complexity index is 475. The molecule has 118 valence electrons. The van der Waals surface area contributed by atoms with Gasteiger partial charge in [0.25, 0.3) is 0 Å². The first kappa shape index (κ1) is 17.1. The summed E-state index contributed by atoms with van der Waals surface area (Å²) in [6.45, 7) is 11.9. The predicted octanol–water partition coefficient (Wildman–Crippen LogP) is 4.74. The third-order valence-corrected chi connectivity index (χ3v) is 5.59. The van der Waals surface area contributed by atoms with Gasteiger partial charge in [-0.2, -0.15) is 0 Å². The van der Waals surface area contributed by atoms with Gasteiger partial charge in [-0.1, -0.05) is 43.1 Å². The molecule has 21 heavy (non-hydrogen) atoms. The monoisotopic (exact) mass is 328 g/mol. The molecule has 1 aromatic rings. The molecule has 0 bridgehead atoms. The van der Waals surface area contributed by atoms with Gasteiger partial charge >= 0.3 is 0 Å². The largest absolute Gasteiger partial charge is 0.309 e. The standard InChI is InChI=1S/C17H26Cl2N2/c1-5-17(6-2)11-20-16(3,4)12-21(17)10-13-14(18)8-7-9-15(13)19/h7-9,20H,5-6,10-12H2,1-4H3. The molecule has 0 atom stereocenters. The average Bonchev–Trinajstić information content (AvgIpc) is 2.43. The lowest BCUT2D eigenvalue weighted by Crippen LogP contribution is -2.67. The van der Waals surface area contributed by atoms with Gasteiger partial charge in [-0.05, 0) is 38.8 Å². The number of benzene rings is 1. The predicted molar refractivity (Wildman–Crippen MR) is 92.3 cm³/mol. The van der Waals surface area contributed by atoms with Gasteiger partial charge in [0.05, 0.1) is 0 Å². The smallest absolute Gasteiger partial charge is 0.0465 e. The fourth-order valence-corrected chi connectivity index (χ4v) is 3.78. The van der Waals surface area contributed by atoms with Crippen molar-refractivity contribution in [3.8, 4) is 0 Å². The maximum absolute atomic E-state index is 6.37. The summed E-state index contributed by atoms with van der Waals surface area (Å²) in [7, 11) is 0. The van der Waals surface area contributed by atoms with E-state index in [1.54, 1.807) is 0 Å². The van der Waals surface area contributed by atoms with E-state index in [-0.39, 0.29) is 11.1 Å². The average molecular weight is 329 g/mol. The second-order valence-electron chi connectivity index (χ2n) is 6.73. The van der Waals surface area contributed by atoms with Gasteiger partial charge in [-0.15, -0.1) is 0 Å². The molecular weight excluding hydrogens is 303 g/mol. The van der Waals surface area contributed by atoms with E-state index in [0.29, 0.717) is 0 Å². The highest BCUT2D eigenvalue weighted by Crippen LogP contribution is 2.34. The van der Waals surface area contributed by atoms with Crippen molar-refractivity contribution < 1.29 is 0 Å². The maximum atomic E-state index is 6.37. The van der Waals surface area contributed by atoms with E-state index in [0.717, 1.165) is 48.1 Å². The van der Waals surface area contributed by atoms with Gasteiger partial charge in [0, 0.05) is 46.3 Å². The van der Waals surface area contributed by atoms with E-state index in [1.165, 1.54) is 0 Å². The van der Waals surface area contributed by atoms with Crippen molar-refractivity contribution in [2.45, 2.75) is 58.2 Å². The second kappa shape index (κ2) is 6.45. The lowest BCUT2D eigenvalue weighted by Gasteiger charge is -2.52. The van der Waals surface area contributed by atoms with Crippen LogP contribution in [0.2, 0.25) is 10.0 Å².